The van der Waals surface area contributed by atoms with E-state index < -0.39 is 0 Å². The maximum Gasteiger partial charge on any atom is 0.271 e. The first-order valence-electron chi connectivity index (χ1n) is 6.74. The van der Waals surface area contributed by atoms with Crippen molar-refractivity contribution in [3.63, 3.8) is 0 Å². The highest BCUT2D eigenvalue weighted by Gasteiger charge is 2.14. The molecule has 112 valence electrons. The molecule has 0 spiro atoms. The maximum atomic E-state index is 12.0. The van der Waals surface area contributed by atoms with Gasteiger partial charge in [0.2, 0.25) is 0 Å². The van der Waals surface area contributed by atoms with Crippen LogP contribution in [0.2, 0.25) is 0 Å². The number of hydrogen-bond acceptors (Lipinski definition) is 5. The van der Waals surface area contributed by atoms with Crippen molar-refractivity contribution in [3.8, 4) is 17.2 Å². The number of hydrazone groups is 1. The number of phenols is 1. The molecule has 0 aromatic heterocycles. The van der Waals surface area contributed by atoms with E-state index >= 15 is 0 Å². The van der Waals surface area contributed by atoms with E-state index in [-0.39, 0.29) is 11.7 Å². The fraction of sp³-hybridized carbons (Fsp3) is 0.125. The first kappa shape index (κ1) is 13.9. The minimum Gasteiger partial charge on any atom is -0.508 e. The topological polar surface area (TPSA) is 80.2 Å². The predicted molar refractivity (Wildman–Crippen MR) is 80.6 cm³/mol. The molecule has 3 rings (SSSR count). The third kappa shape index (κ3) is 3.17. The van der Waals surface area contributed by atoms with Crippen molar-refractivity contribution in [1.82, 2.24) is 5.43 Å². The van der Waals surface area contributed by atoms with Crippen LogP contribution < -0.4 is 14.9 Å². The lowest BCUT2D eigenvalue weighted by atomic mass is 10.2. The van der Waals surface area contributed by atoms with Crippen LogP contribution in [-0.4, -0.2) is 30.4 Å². The standard InChI is InChI=1S/C16H14N2O4/c19-13-3-1-2-11(8-13)10-17-18-16(20)12-4-5-14-15(9-12)22-7-6-21-14/h1-5,8-10,19H,6-7H2,(H,18,20)/b17-10+. The van der Waals surface area contributed by atoms with Crippen LogP contribution in [0.4, 0.5) is 0 Å². The Bertz CT molecular complexity index is 728. The Morgan fingerprint density at radius 2 is 1.95 bits per heavy atom. The number of nitrogens with one attached hydrogen (secondary N) is 1. The molecular weight excluding hydrogens is 284 g/mol. The number of fused-ring (bicyclic) bond motifs is 1. The van der Waals surface area contributed by atoms with Crippen LogP contribution in [0.15, 0.2) is 47.6 Å². The Hall–Kier alpha value is -3.02. The molecule has 2 aromatic rings. The van der Waals surface area contributed by atoms with Gasteiger partial charge in [0, 0.05) is 5.56 Å². The molecular formula is C16H14N2O4. The number of ether oxygens (including phenoxy) is 2. The second-order valence-corrected chi connectivity index (χ2v) is 4.65. The smallest absolute Gasteiger partial charge is 0.271 e. The summed E-state index contributed by atoms with van der Waals surface area (Å²) < 4.78 is 10.8. The van der Waals surface area contributed by atoms with E-state index in [0.717, 1.165) is 0 Å². The van der Waals surface area contributed by atoms with Gasteiger partial charge in [-0.05, 0) is 35.9 Å². The molecule has 2 aromatic carbocycles. The molecule has 0 aliphatic carbocycles. The lowest BCUT2D eigenvalue weighted by molar-refractivity contribution is 0.0954. The van der Waals surface area contributed by atoms with Crippen LogP contribution in [0.5, 0.6) is 17.2 Å². The highest BCUT2D eigenvalue weighted by molar-refractivity contribution is 5.95. The van der Waals surface area contributed by atoms with Gasteiger partial charge in [0.05, 0.1) is 6.21 Å². The predicted octanol–water partition coefficient (Wildman–Crippen LogP) is 1.93. The third-order valence-electron chi connectivity index (χ3n) is 3.05. The van der Waals surface area contributed by atoms with E-state index in [0.29, 0.717) is 35.8 Å². The Morgan fingerprint density at radius 3 is 2.77 bits per heavy atom. The van der Waals surface area contributed by atoms with Crippen molar-refractivity contribution in [2.45, 2.75) is 0 Å². The molecule has 1 aliphatic rings. The minimum absolute atomic E-state index is 0.141. The average molecular weight is 298 g/mol. The molecule has 6 heteroatoms. The van der Waals surface area contributed by atoms with E-state index in [1.165, 1.54) is 6.21 Å². The summed E-state index contributed by atoms with van der Waals surface area (Å²) in [4.78, 5) is 12.0. The van der Waals surface area contributed by atoms with Crippen LogP contribution in [-0.2, 0) is 0 Å². The van der Waals surface area contributed by atoms with Crippen LogP contribution in [0.3, 0.4) is 0 Å². The van der Waals surface area contributed by atoms with E-state index in [9.17, 15) is 9.90 Å². The van der Waals surface area contributed by atoms with Crippen LogP contribution in [0.25, 0.3) is 0 Å². The Balaban J connectivity index is 1.67. The van der Waals surface area contributed by atoms with E-state index in [2.05, 4.69) is 10.5 Å². The molecule has 22 heavy (non-hydrogen) atoms. The number of hydrogen-bond donors (Lipinski definition) is 2. The summed E-state index contributed by atoms with van der Waals surface area (Å²) in [5, 5.41) is 13.2. The van der Waals surface area contributed by atoms with Gasteiger partial charge in [-0.3, -0.25) is 4.79 Å². The molecule has 0 fully saturated rings. The van der Waals surface area contributed by atoms with Crippen molar-refractivity contribution < 1.29 is 19.4 Å². The van der Waals surface area contributed by atoms with Gasteiger partial charge in [-0.25, -0.2) is 5.43 Å². The number of rotatable bonds is 3. The minimum atomic E-state index is -0.353. The molecule has 1 amide bonds. The summed E-state index contributed by atoms with van der Waals surface area (Å²) in [6, 6.07) is 11.5. The molecule has 0 radical (unpaired) electrons. The number of benzene rings is 2. The van der Waals surface area contributed by atoms with Crippen LogP contribution in [0, 0.1) is 0 Å². The lowest BCUT2D eigenvalue weighted by Gasteiger charge is -2.18. The summed E-state index contributed by atoms with van der Waals surface area (Å²) in [6.45, 7) is 0.973. The van der Waals surface area contributed by atoms with Gasteiger partial charge in [0.15, 0.2) is 11.5 Å². The Labute approximate surface area is 127 Å². The number of nitrogens with zero attached hydrogens (tertiary/aromatic N) is 1. The Morgan fingerprint density at radius 1 is 1.14 bits per heavy atom. The summed E-state index contributed by atoms with van der Waals surface area (Å²) in [6.07, 6.45) is 1.45. The summed E-state index contributed by atoms with van der Waals surface area (Å²) in [5.41, 5.74) is 3.54. The zero-order valence-corrected chi connectivity index (χ0v) is 11.7. The van der Waals surface area contributed by atoms with Gasteiger partial charge in [0.25, 0.3) is 5.91 Å². The van der Waals surface area contributed by atoms with Gasteiger partial charge < -0.3 is 14.6 Å². The fourth-order valence-electron chi connectivity index (χ4n) is 2.02. The Kier molecular flexibility index (Phi) is 3.91. The monoisotopic (exact) mass is 298 g/mol. The average Bonchev–Trinajstić information content (AvgIpc) is 2.54. The molecule has 1 heterocycles. The fourth-order valence-corrected chi connectivity index (χ4v) is 2.02. The van der Waals surface area contributed by atoms with E-state index in [4.69, 9.17) is 9.47 Å². The summed E-state index contributed by atoms with van der Waals surface area (Å²) in [7, 11) is 0. The molecule has 0 unspecified atom stereocenters. The number of carbonyl (C=O) groups is 1. The molecule has 0 saturated heterocycles. The molecule has 1 aliphatic heterocycles. The highest BCUT2D eigenvalue weighted by atomic mass is 16.6. The number of aromatic hydroxyl groups is 1. The van der Waals surface area contributed by atoms with E-state index in [1.54, 1.807) is 42.5 Å². The zero-order valence-electron chi connectivity index (χ0n) is 11.7. The van der Waals surface area contributed by atoms with Crippen molar-refractivity contribution in [1.29, 1.82) is 0 Å². The van der Waals surface area contributed by atoms with Gasteiger partial charge in [-0.15, -0.1) is 0 Å². The first-order chi connectivity index (χ1) is 10.7. The molecule has 2 N–H and O–H groups in total. The number of amides is 1. The lowest BCUT2D eigenvalue weighted by Crippen LogP contribution is -2.19. The highest BCUT2D eigenvalue weighted by Crippen LogP contribution is 2.30. The molecule has 0 saturated carbocycles. The number of phenolic OH excluding ortho intramolecular Hbond substituents is 1. The second kappa shape index (κ2) is 6.17. The SMILES string of the molecule is O=C(N/N=C/c1cccc(O)c1)c1ccc2c(c1)OCCO2. The molecule has 0 atom stereocenters. The van der Waals surface area contributed by atoms with Crippen molar-refractivity contribution >= 4 is 12.1 Å². The summed E-state index contributed by atoms with van der Waals surface area (Å²) in [5.74, 6) is 0.970. The summed E-state index contributed by atoms with van der Waals surface area (Å²) >= 11 is 0. The van der Waals surface area contributed by atoms with Crippen molar-refractivity contribution in [2.75, 3.05) is 13.2 Å². The number of carbonyl (C=O) groups excluding carboxylic acids is 1. The zero-order chi connectivity index (χ0) is 15.4. The van der Waals surface area contributed by atoms with Crippen molar-refractivity contribution in [2.24, 2.45) is 5.10 Å². The van der Waals surface area contributed by atoms with Crippen LogP contribution in [0.1, 0.15) is 15.9 Å². The first-order valence-corrected chi connectivity index (χ1v) is 6.74. The quantitative estimate of drug-likeness (QED) is 0.670. The largest absolute Gasteiger partial charge is 0.508 e. The third-order valence-corrected chi connectivity index (χ3v) is 3.05. The maximum absolute atomic E-state index is 12.0. The molecule has 6 nitrogen and oxygen atoms in total. The van der Waals surface area contributed by atoms with Gasteiger partial charge >= 0.3 is 0 Å². The molecule has 0 bridgehead atoms. The van der Waals surface area contributed by atoms with Gasteiger partial charge in [0.1, 0.15) is 19.0 Å². The van der Waals surface area contributed by atoms with Crippen molar-refractivity contribution in [3.05, 3.63) is 53.6 Å². The second-order valence-electron chi connectivity index (χ2n) is 4.65. The van der Waals surface area contributed by atoms with Gasteiger partial charge in [-0.2, -0.15) is 5.10 Å². The van der Waals surface area contributed by atoms with E-state index in [1.807, 2.05) is 0 Å². The van der Waals surface area contributed by atoms with Crippen LogP contribution >= 0.6 is 0 Å². The van der Waals surface area contributed by atoms with Gasteiger partial charge in [-0.1, -0.05) is 12.1 Å². The normalized spacial score (nSPS) is 13.1.